The second kappa shape index (κ2) is 9.85. The van der Waals surface area contributed by atoms with Crippen molar-refractivity contribution in [3.8, 4) is 11.5 Å². The van der Waals surface area contributed by atoms with Crippen LogP contribution in [0.5, 0.6) is 11.5 Å². The lowest BCUT2D eigenvalue weighted by atomic mass is 10.2. The number of nitrogens with one attached hydrogen (secondary N) is 1. The normalized spacial score (nSPS) is 10.6. The fourth-order valence-corrected chi connectivity index (χ4v) is 3.42. The molecule has 0 saturated heterocycles. The Kier molecular flexibility index (Phi) is 7.20. The van der Waals surface area contributed by atoms with Crippen LogP contribution in [0.3, 0.4) is 0 Å². The fourth-order valence-electron chi connectivity index (χ4n) is 2.85. The molecule has 0 bridgehead atoms. The number of hydrogen-bond donors (Lipinski definition) is 1. The van der Waals surface area contributed by atoms with E-state index < -0.39 is 25.1 Å². The van der Waals surface area contributed by atoms with Crippen molar-refractivity contribution in [2.24, 2.45) is 0 Å². The zero-order valence-electron chi connectivity index (χ0n) is 17.1. The Labute approximate surface area is 189 Å². The van der Waals surface area contributed by atoms with Gasteiger partial charge < -0.3 is 19.5 Å². The lowest BCUT2D eigenvalue weighted by Crippen LogP contribution is -2.24. The predicted molar refractivity (Wildman–Crippen MR) is 119 cm³/mol. The molecule has 3 aromatic rings. The summed E-state index contributed by atoms with van der Waals surface area (Å²) in [6.45, 7) is 2.77. The number of anilines is 1. The summed E-state index contributed by atoms with van der Waals surface area (Å²) in [5, 5.41) is 3.93. The summed E-state index contributed by atoms with van der Waals surface area (Å²) < 4.78 is 15.7. The second-order valence-corrected chi connectivity index (χ2v) is 7.53. The van der Waals surface area contributed by atoms with Crippen LogP contribution in [0.1, 0.15) is 11.3 Å². The van der Waals surface area contributed by atoms with E-state index in [1.165, 1.54) is 13.2 Å². The van der Waals surface area contributed by atoms with E-state index in [1.54, 1.807) is 18.2 Å². The van der Waals surface area contributed by atoms with E-state index in [1.807, 2.05) is 26.0 Å². The molecule has 0 saturated carbocycles. The summed E-state index contributed by atoms with van der Waals surface area (Å²) in [6.07, 6.45) is 0. The van der Waals surface area contributed by atoms with E-state index in [-0.39, 0.29) is 10.8 Å². The Morgan fingerprint density at radius 3 is 2.55 bits per heavy atom. The van der Waals surface area contributed by atoms with Gasteiger partial charge in [-0.2, -0.15) is 0 Å². The highest BCUT2D eigenvalue weighted by atomic mass is 35.5. The van der Waals surface area contributed by atoms with Gasteiger partial charge in [0.15, 0.2) is 19.0 Å². The van der Waals surface area contributed by atoms with Crippen LogP contribution in [-0.4, -0.2) is 37.2 Å². The van der Waals surface area contributed by atoms with Crippen LogP contribution in [0.25, 0.3) is 10.9 Å². The van der Waals surface area contributed by atoms with Gasteiger partial charge in [-0.15, -0.1) is 0 Å². The van der Waals surface area contributed by atoms with Crippen molar-refractivity contribution < 1.29 is 23.8 Å². The monoisotopic (exact) mass is 462 g/mol. The zero-order chi connectivity index (χ0) is 22.5. The van der Waals surface area contributed by atoms with E-state index in [2.05, 4.69) is 10.3 Å². The highest BCUT2D eigenvalue weighted by Gasteiger charge is 2.16. The number of carbonyl (C=O) groups excluding carboxylic acids is 2. The van der Waals surface area contributed by atoms with Gasteiger partial charge in [0.2, 0.25) is 0 Å². The van der Waals surface area contributed by atoms with Gasteiger partial charge in [-0.05, 0) is 49.7 Å². The number of methoxy groups -OCH3 is 1. The van der Waals surface area contributed by atoms with Crippen molar-refractivity contribution in [3.05, 3.63) is 57.7 Å². The number of aromatic nitrogens is 1. The van der Waals surface area contributed by atoms with E-state index >= 15 is 0 Å². The number of esters is 1. The number of nitrogens with zero attached hydrogens (tertiary/aromatic N) is 1. The molecule has 9 heteroatoms. The SMILES string of the molecule is COc1ccc(C)cc1NC(=O)COC(=O)COc1c(Cl)cc(Cl)c2ccc(C)nc12. The summed E-state index contributed by atoms with van der Waals surface area (Å²) in [5.41, 5.74) is 2.61. The van der Waals surface area contributed by atoms with Crippen LogP contribution in [0.4, 0.5) is 5.69 Å². The Bertz CT molecular complexity index is 1150. The van der Waals surface area contributed by atoms with Crippen molar-refractivity contribution >= 4 is 51.7 Å². The maximum atomic E-state index is 12.1. The number of ether oxygens (including phenoxy) is 3. The van der Waals surface area contributed by atoms with Crippen molar-refractivity contribution in [2.75, 3.05) is 25.6 Å². The zero-order valence-corrected chi connectivity index (χ0v) is 18.6. The first-order valence-corrected chi connectivity index (χ1v) is 10.0. The van der Waals surface area contributed by atoms with Gasteiger partial charge >= 0.3 is 5.97 Å². The molecule has 31 heavy (non-hydrogen) atoms. The molecule has 1 aromatic heterocycles. The number of hydrogen-bond acceptors (Lipinski definition) is 6. The van der Waals surface area contributed by atoms with E-state index in [4.69, 9.17) is 37.4 Å². The van der Waals surface area contributed by atoms with E-state index in [9.17, 15) is 9.59 Å². The van der Waals surface area contributed by atoms with Gasteiger partial charge in [0, 0.05) is 11.1 Å². The maximum absolute atomic E-state index is 12.1. The molecule has 7 nitrogen and oxygen atoms in total. The molecule has 0 unspecified atom stereocenters. The van der Waals surface area contributed by atoms with Gasteiger partial charge in [-0.3, -0.25) is 4.79 Å². The number of pyridine rings is 1. The smallest absolute Gasteiger partial charge is 0.344 e. The Hall–Kier alpha value is -3.03. The van der Waals surface area contributed by atoms with Gasteiger partial charge in [0.25, 0.3) is 5.91 Å². The minimum absolute atomic E-state index is 0.215. The number of rotatable bonds is 7. The summed E-state index contributed by atoms with van der Waals surface area (Å²) >= 11 is 12.4. The first-order valence-electron chi connectivity index (χ1n) is 9.26. The van der Waals surface area contributed by atoms with Crippen molar-refractivity contribution in [3.63, 3.8) is 0 Å². The van der Waals surface area contributed by atoms with Crippen molar-refractivity contribution in [1.29, 1.82) is 0 Å². The van der Waals surface area contributed by atoms with Crippen LogP contribution in [0.2, 0.25) is 10.0 Å². The summed E-state index contributed by atoms with van der Waals surface area (Å²) in [5.74, 6) is -0.529. The van der Waals surface area contributed by atoms with Crippen LogP contribution in [0, 0.1) is 13.8 Å². The predicted octanol–water partition coefficient (Wildman–Crippen LogP) is 4.73. The number of carbonyl (C=O) groups is 2. The number of benzene rings is 2. The third kappa shape index (κ3) is 5.57. The topological polar surface area (TPSA) is 86.8 Å². The molecule has 0 aliphatic carbocycles. The molecule has 0 fully saturated rings. The Morgan fingerprint density at radius 1 is 1.03 bits per heavy atom. The van der Waals surface area contributed by atoms with Crippen LogP contribution in [-0.2, 0) is 14.3 Å². The fraction of sp³-hybridized carbons (Fsp3) is 0.227. The average molecular weight is 463 g/mol. The molecule has 0 spiro atoms. The van der Waals surface area contributed by atoms with E-state index in [0.717, 1.165) is 11.3 Å². The number of halogens is 2. The first-order chi connectivity index (χ1) is 14.8. The van der Waals surface area contributed by atoms with Crippen LogP contribution in [0.15, 0.2) is 36.4 Å². The highest BCUT2D eigenvalue weighted by Crippen LogP contribution is 2.37. The molecule has 1 heterocycles. The first kappa shape index (κ1) is 22.7. The molecular weight excluding hydrogens is 443 g/mol. The molecule has 0 radical (unpaired) electrons. The molecular formula is C22H20Cl2N2O5. The van der Waals surface area contributed by atoms with Crippen molar-refractivity contribution in [1.82, 2.24) is 4.98 Å². The minimum Gasteiger partial charge on any atom is -0.495 e. The minimum atomic E-state index is -0.738. The van der Waals surface area contributed by atoms with Gasteiger partial charge in [-0.1, -0.05) is 29.3 Å². The lowest BCUT2D eigenvalue weighted by Gasteiger charge is -2.13. The maximum Gasteiger partial charge on any atom is 0.344 e. The lowest BCUT2D eigenvalue weighted by molar-refractivity contribution is -0.149. The second-order valence-electron chi connectivity index (χ2n) is 6.72. The summed E-state index contributed by atoms with van der Waals surface area (Å²) in [4.78, 5) is 28.6. The molecule has 0 aliphatic heterocycles. The third-order valence-electron chi connectivity index (χ3n) is 4.30. The molecule has 1 N–H and O–H groups in total. The molecule has 2 aromatic carbocycles. The summed E-state index contributed by atoms with van der Waals surface area (Å²) in [7, 11) is 1.50. The van der Waals surface area contributed by atoms with Gasteiger partial charge in [-0.25, -0.2) is 9.78 Å². The quantitative estimate of drug-likeness (QED) is 0.510. The number of amides is 1. The summed E-state index contributed by atoms with van der Waals surface area (Å²) in [6, 6.07) is 10.5. The van der Waals surface area contributed by atoms with Gasteiger partial charge in [0.05, 0.1) is 22.8 Å². The molecule has 0 atom stereocenters. The Morgan fingerprint density at radius 2 is 1.81 bits per heavy atom. The molecule has 162 valence electrons. The average Bonchev–Trinajstić information content (AvgIpc) is 2.72. The number of aryl methyl sites for hydroxylation is 2. The Balaban J connectivity index is 1.61. The standard InChI is InChI=1S/C22H20Cl2N2O5/c1-12-4-7-18(29-3)17(8-12)26-19(27)10-30-20(28)11-31-22-16(24)9-15(23)14-6-5-13(2)25-21(14)22/h4-9H,10-11H2,1-3H3,(H,26,27). The van der Waals surface area contributed by atoms with Gasteiger partial charge in [0.1, 0.15) is 11.3 Å². The third-order valence-corrected chi connectivity index (χ3v) is 4.90. The van der Waals surface area contributed by atoms with Crippen molar-refractivity contribution in [2.45, 2.75) is 13.8 Å². The molecule has 1 amide bonds. The van der Waals surface area contributed by atoms with E-state index in [0.29, 0.717) is 27.4 Å². The molecule has 0 aliphatic rings. The van der Waals surface area contributed by atoms with Crippen LogP contribution >= 0.6 is 23.2 Å². The highest BCUT2D eigenvalue weighted by molar-refractivity contribution is 6.39. The molecule has 3 rings (SSSR count). The largest absolute Gasteiger partial charge is 0.495 e. The van der Waals surface area contributed by atoms with Crippen LogP contribution < -0.4 is 14.8 Å². The number of fused-ring (bicyclic) bond motifs is 1.